The molecule has 0 amide bonds. The van der Waals surface area contributed by atoms with E-state index < -0.39 is 12.1 Å². The van der Waals surface area contributed by atoms with Gasteiger partial charge in [-0.2, -0.15) is 0 Å². The van der Waals surface area contributed by atoms with E-state index in [-0.39, 0.29) is 11.5 Å². The van der Waals surface area contributed by atoms with Crippen molar-refractivity contribution in [3.8, 4) is 23.0 Å². The number of carbonyl (C=O) groups is 2. The molecule has 0 N–H and O–H groups in total. The van der Waals surface area contributed by atoms with Crippen LogP contribution in [0.3, 0.4) is 0 Å². The lowest BCUT2D eigenvalue weighted by Gasteiger charge is -2.15. The Hall–Kier alpha value is -3.48. The fraction of sp³-hybridized carbons (Fsp3) is 0.238. The third-order valence-electron chi connectivity index (χ3n) is 4.20. The molecule has 2 aromatic rings. The maximum absolute atomic E-state index is 12.5. The van der Waals surface area contributed by atoms with Gasteiger partial charge in [-0.05, 0) is 42.8 Å². The Morgan fingerprint density at radius 3 is 2.50 bits per heavy atom. The van der Waals surface area contributed by atoms with Crippen molar-refractivity contribution in [3.63, 3.8) is 0 Å². The van der Waals surface area contributed by atoms with Crippen molar-refractivity contribution in [2.45, 2.75) is 13.0 Å². The maximum atomic E-state index is 12.5. The first-order valence-corrected chi connectivity index (χ1v) is 8.51. The van der Waals surface area contributed by atoms with Gasteiger partial charge < -0.3 is 23.7 Å². The second-order valence-electron chi connectivity index (χ2n) is 6.00. The number of esters is 1. The minimum absolute atomic E-state index is 0.196. The van der Waals surface area contributed by atoms with Crippen LogP contribution in [0.5, 0.6) is 23.0 Å². The van der Waals surface area contributed by atoms with Crippen LogP contribution in [-0.2, 0) is 9.53 Å². The molecule has 7 nitrogen and oxygen atoms in total. The van der Waals surface area contributed by atoms with E-state index in [1.165, 1.54) is 14.2 Å². The summed E-state index contributed by atoms with van der Waals surface area (Å²) in [4.78, 5) is 24.1. The molecule has 0 fully saturated rings. The van der Waals surface area contributed by atoms with Gasteiger partial charge in [-0.1, -0.05) is 6.07 Å². The van der Waals surface area contributed by atoms with Crippen molar-refractivity contribution in [3.05, 3.63) is 53.3 Å². The second-order valence-corrected chi connectivity index (χ2v) is 6.00. The van der Waals surface area contributed by atoms with Crippen LogP contribution in [0, 0.1) is 0 Å². The van der Waals surface area contributed by atoms with Gasteiger partial charge >= 0.3 is 5.97 Å². The van der Waals surface area contributed by atoms with Crippen LogP contribution < -0.4 is 18.9 Å². The molecule has 0 unspecified atom stereocenters. The van der Waals surface area contributed by atoms with Crippen LogP contribution in [0.1, 0.15) is 22.8 Å². The summed E-state index contributed by atoms with van der Waals surface area (Å²) in [5.41, 5.74) is 1.16. The highest BCUT2D eigenvalue weighted by Gasteiger charge is 2.28. The molecule has 0 bridgehead atoms. The summed E-state index contributed by atoms with van der Waals surface area (Å²) in [6.45, 7) is 1.58. The largest absolute Gasteiger partial charge is 0.497 e. The molecule has 0 spiro atoms. The summed E-state index contributed by atoms with van der Waals surface area (Å²) in [5.74, 6) is 1.35. The van der Waals surface area contributed by atoms with Crippen LogP contribution in [0.4, 0.5) is 0 Å². The molecule has 28 heavy (non-hydrogen) atoms. The van der Waals surface area contributed by atoms with Crippen LogP contribution in [-0.4, -0.2) is 39.2 Å². The number of methoxy groups -OCH3 is 3. The van der Waals surface area contributed by atoms with E-state index >= 15 is 0 Å². The SMILES string of the molecule is COC(=O)[C@@H](C)Oc1ccc(/C=C2\Oc3cc(OC)ccc3C2=O)cc1OC. The third kappa shape index (κ3) is 3.78. The third-order valence-corrected chi connectivity index (χ3v) is 4.20. The Labute approximate surface area is 162 Å². The Morgan fingerprint density at radius 1 is 1.04 bits per heavy atom. The monoisotopic (exact) mass is 384 g/mol. The van der Waals surface area contributed by atoms with E-state index in [1.807, 2.05) is 0 Å². The summed E-state index contributed by atoms with van der Waals surface area (Å²) in [6, 6.07) is 10.1. The fourth-order valence-electron chi connectivity index (χ4n) is 2.72. The number of benzene rings is 2. The van der Waals surface area contributed by atoms with Crippen molar-refractivity contribution in [1.29, 1.82) is 0 Å². The van der Waals surface area contributed by atoms with E-state index in [2.05, 4.69) is 4.74 Å². The normalized spacial score (nSPS) is 14.9. The molecule has 7 heteroatoms. The lowest BCUT2D eigenvalue weighted by Crippen LogP contribution is -2.25. The van der Waals surface area contributed by atoms with Crippen LogP contribution in [0.25, 0.3) is 6.08 Å². The average molecular weight is 384 g/mol. The molecule has 3 rings (SSSR count). The van der Waals surface area contributed by atoms with E-state index in [4.69, 9.17) is 18.9 Å². The van der Waals surface area contributed by atoms with Gasteiger partial charge in [0.2, 0.25) is 5.78 Å². The second kappa shape index (κ2) is 8.04. The molecule has 1 aliphatic rings. The Bertz CT molecular complexity index is 946. The predicted molar refractivity (Wildman–Crippen MR) is 101 cm³/mol. The van der Waals surface area contributed by atoms with E-state index in [0.717, 1.165) is 0 Å². The van der Waals surface area contributed by atoms with Crippen molar-refractivity contribution in [1.82, 2.24) is 0 Å². The minimum atomic E-state index is -0.785. The van der Waals surface area contributed by atoms with Crippen LogP contribution in [0.2, 0.25) is 0 Å². The first kappa shape index (κ1) is 19.3. The molecule has 1 aliphatic heterocycles. The molecule has 146 valence electrons. The highest BCUT2D eigenvalue weighted by Crippen LogP contribution is 2.36. The molecule has 0 radical (unpaired) electrons. The zero-order valence-corrected chi connectivity index (χ0v) is 16.0. The topological polar surface area (TPSA) is 80.3 Å². The van der Waals surface area contributed by atoms with Crippen molar-refractivity contribution in [2.24, 2.45) is 0 Å². The highest BCUT2D eigenvalue weighted by molar-refractivity contribution is 6.14. The number of Topliss-reactive ketones (excluding diaryl/α,β-unsaturated/α-hetero) is 1. The summed E-state index contributed by atoms with van der Waals surface area (Å²) >= 11 is 0. The summed E-state index contributed by atoms with van der Waals surface area (Å²) in [7, 11) is 4.33. The number of allylic oxidation sites excluding steroid dienone is 1. The number of rotatable bonds is 6. The molecule has 1 heterocycles. The summed E-state index contributed by atoms with van der Waals surface area (Å²) < 4.78 is 26.4. The first-order valence-electron chi connectivity index (χ1n) is 8.51. The summed E-state index contributed by atoms with van der Waals surface area (Å²) in [6.07, 6.45) is 0.831. The van der Waals surface area contributed by atoms with E-state index in [1.54, 1.807) is 56.5 Å². The van der Waals surface area contributed by atoms with Gasteiger partial charge in [-0.15, -0.1) is 0 Å². The van der Waals surface area contributed by atoms with E-state index in [0.29, 0.717) is 34.1 Å². The number of fused-ring (bicyclic) bond motifs is 1. The predicted octanol–water partition coefficient (Wildman–Crippen LogP) is 3.26. The Balaban J connectivity index is 1.85. The Morgan fingerprint density at radius 2 is 1.82 bits per heavy atom. The number of hydrogen-bond acceptors (Lipinski definition) is 7. The van der Waals surface area contributed by atoms with Gasteiger partial charge in [0, 0.05) is 6.07 Å². The van der Waals surface area contributed by atoms with Crippen molar-refractivity contribution < 1.29 is 33.3 Å². The average Bonchev–Trinajstić information content (AvgIpc) is 3.02. The highest BCUT2D eigenvalue weighted by atomic mass is 16.6. The van der Waals surface area contributed by atoms with Gasteiger partial charge in [-0.25, -0.2) is 4.79 Å². The number of ketones is 1. The lowest BCUT2D eigenvalue weighted by atomic mass is 10.1. The minimum Gasteiger partial charge on any atom is -0.497 e. The molecular formula is C21H20O7. The van der Waals surface area contributed by atoms with Gasteiger partial charge in [0.1, 0.15) is 11.5 Å². The molecule has 0 saturated heterocycles. The number of ether oxygens (including phenoxy) is 5. The van der Waals surface area contributed by atoms with Crippen LogP contribution in [0.15, 0.2) is 42.2 Å². The molecular weight excluding hydrogens is 364 g/mol. The number of hydrogen-bond donors (Lipinski definition) is 0. The zero-order valence-electron chi connectivity index (χ0n) is 16.0. The van der Waals surface area contributed by atoms with Crippen molar-refractivity contribution >= 4 is 17.8 Å². The zero-order chi connectivity index (χ0) is 20.3. The summed E-state index contributed by atoms with van der Waals surface area (Å²) in [5, 5.41) is 0. The quantitative estimate of drug-likeness (QED) is 0.559. The van der Waals surface area contributed by atoms with E-state index in [9.17, 15) is 9.59 Å². The molecule has 0 saturated carbocycles. The fourth-order valence-corrected chi connectivity index (χ4v) is 2.72. The standard InChI is InChI=1S/C21H20O7/c1-12(21(23)26-4)27-16-8-5-13(9-18(16)25-3)10-19-20(22)15-7-6-14(24-2)11-17(15)28-19/h5-12H,1-4H3/b19-10-/t12-/m1/s1. The molecule has 0 aliphatic carbocycles. The molecule has 2 aromatic carbocycles. The van der Waals surface area contributed by atoms with Crippen molar-refractivity contribution in [2.75, 3.05) is 21.3 Å². The maximum Gasteiger partial charge on any atom is 0.346 e. The van der Waals surface area contributed by atoms with Gasteiger partial charge in [0.25, 0.3) is 0 Å². The van der Waals surface area contributed by atoms with Gasteiger partial charge in [0.15, 0.2) is 23.4 Å². The van der Waals surface area contributed by atoms with Gasteiger partial charge in [0.05, 0.1) is 26.9 Å². The Kier molecular flexibility index (Phi) is 5.54. The molecule has 1 atom stereocenters. The molecule has 0 aromatic heterocycles. The smallest absolute Gasteiger partial charge is 0.346 e. The van der Waals surface area contributed by atoms with Gasteiger partial charge in [-0.3, -0.25) is 4.79 Å². The first-order chi connectivity index (χ1) is 13.5. The van der Waals surface area contributed by atoms with Crippen LogP contribution >= 0.6 is 0 Å². The number of carbonyl (C=O) groups excluding carboxylic acids is 2. The lowest BCUT2D eigenvalue weighted by molar-refractivity contribution is -0.147.